The van der Waals surface area contributed by atoms with Gasteiger partial charge in [0.05, 0.1) is 39.9 Å². The van der Waals surface area contributed by atoms with Crippen molar-refractivity contribution in [3.05, 3.63) is 72.9 Å². The first kappa shape index (κ1) is 52.9. The van der Waals surface area contributed by atoms with E-state index in [4.69, 9.17) is 9.05 Å². The molecule has 0 bridgehead atoms. The largest absolute Gasteiger partial charge is 0.472 e. The van der Waals surface area contributed by atoms with Crippen LogP contribution in [-0.2, 0) is 18.4 Å². The van der Waals surface area contributed by atoms with Gasteiger partial charge in [0.1, 0.15) is 13.2 Å². The van der Waals surface area contributed by atoms with Crippen LogP contribution in [0, 0.1) is 0 Å². The van der Waals surface area contributed by atoms with E-state index in [9.17, 15) is 19.4 Å². The zero-order valence-electron chi connectivity index (χ0n) is 35.9. The molecule has 1 amide bonds. The van der Waals surface area contributed by atoms with E-state index in [2.05, 4.69) is 92.1 Å². The summed E-state index contributed by atoms with van der Waals surface area (Å²) in [5.41, 5.74) is 0. The zero-order chi connectivity index (χ0) is 40.7. The number of aliphatic hydroxyl groups is 1. The Morgan fingerprint density at radius 2 is 1.09 bits per heavy atom. The molecule has 0 aliphatic heterocycles. The smallest absolute Gasteiger partial charge is 0.391 e. The third-order valence-electron chi connectivity index (χ3n) is 9.22. The predicted octanol–water partition coefficient (Wildman–Crippen LogP) is 12.0. The molecule has 3 atom stereocenters. The minimum Gasteiger partial charge on any atom is -0.391 e. The zero-order valence-corrected chi connectivity index (χ0v) is 36.8. The standard InChI is InChI=1S/C46H83N2O6P/c1-6-8-10-12-14-15-16-17-18-19-20-21-22-23-24-25-26-27-28-29-30-31-32-33-34-36-38-40-46(50)47-44(45(49)39-37-35-13-11-9-7-2)43-54-55(51,52)53-42-41-48(3,4)5/h8,10,14-15,17-18,20-21,23-24,26-27,44-45,49H,6-7,9,11-13,16,19,22,25,28-43H2,1-5H3,(H-,47,50,51,52)/p+1/b10-8-,15-14-,18-17-,21-20-,24-23-,27-26-. The average Bonchev–Trinajstić information content (AvgIpc) is 3.13. The van der Waals surface area contributed by atoms with Crippen LogP contribution < -0.4 is 5.32 Å². The van der Waals surface area contributed by atoms with Crippen molar-refractivity contribution < 1.29 is 32.9 Å². The molecule has 0 saturated carbocycles. The Labute approximate surface area is 338 Å². The van der Waals surface area contributed by atoms with Crippen LogP contribution in [0.3, 0.4) is 0 Å². The molecule has 8 nitrogen and oxygen atoms in total. The molecule has 3 N–H and O–H groups in total. The normalized spacial score (nSPS) is 15.1. The number of carbonyl (C=O) groups is 1. The SMILES string of the molecule is CC/C=C\C/C=C\C/C=C\C/C=C\C/C=C\C/C=C\CCCCCCCCCCC(=O)NC(COP(=O)(O)OCC[N+](C)(C)C)C(O)CCCCCCCC. The van der Waals surface area contributed by atoms with Gasteiger partial charge < -0.3 is 19.8 Å². The summed E-state index contributed by atoms with van der Waals surface area (Å²) in [7, 11) is 1.59. The molecule has 0 aromatic carbocycles. The van der Waals surface area contributed by atoms with Gasteiger partial charge in [0.2, 0.25) is 5.91 Å². The lowest BCUT2D eigenvalue weighted by Crippen LogP contribution is -2.46. The molecule has 0 aliphatic rings. The lowest BCUT2D eigenvalue weighted by molar-refractivity contribution is -0.870. The fraction of sp³-hybridized carbons (Fsp3) is 0.717. The summed E-state index contributed by atoms with van der Waals surface area (Å²) in [6.45, 7) is 4.67. The molecule has 0 heterocycles. The topological polar surface area (TPSA) is 105 Å². The number of phosphoric ester groups is 1. The van der Waals surface area contributed by atoms with Crippen LogP contribution in [0.2, 0.25) is 0 Å². The molecule has 0 rings (SSSR count). The van der Waals surface area contributed by atoms with Crippen LogP contribution in [-0.4, -0.2) is 73.4 Å². The van der Waals surface area contributed by atoms with E-state index in [-0.39, 0.29) is 19.1 Å². The average molecular weight is 792 g/mol. The van der Waals surface area contributed by atoms with E-state index in [0.29, 0.717) is 23.9 Å². The highest BCUT2D eigenvalue weighted by Gasteiger charge is 2.28. The number of phosphoric acid groups is 1. The van der Waals surface area contributed by atoms with Gasteiger partial charge in [0.15, 0.2) is 0 Å². The Hall–Kier alpha value is -2.06. The summed E-state index contributed by atoms with van der Waals surface area (Å²) in [6, 6.07) is -0.765. The second-order valence-corrected chi connectivity index (χ2v) is 17.1. The number of rotatable bonds is 38. The number of allylic oxidation sites excluding steroid dienone is 12. The van der Waals surface area contributed by atoms with E-state index in [1.165, 1.54) is 51.4 Å². The van der Waals surface area contributed by atoms with Crippen molar-refractivity contribution in [2.24, 2.45) is 0 Å². The van der Waals surface area contributed by atoms with Crippen molar-refractivity contribution in [1.29, 1.82) is 0 Å². The lowest BCUT2D eigenvalue weighted by atomic mass is 10.0. The van der Waals surface area contributed by atoms with Crippen molar-refractivity contribution in [1.82, 2.24) is 5.32 Å². The Balaban J connectivity index is 4.12. The molecule has 0 aromatic heterocycles. The minimum atomic E-state index is -4.31. The second kappa shape index (κ2) is 37.5. The maximum absolute atomic E-state index is 12.8. The van der Waals surface area contributed by atoms with Gasteiger partial charge >= 0.3 is 7.82 Å². The van der Waals surface area contributed by atoms with Gasteiger partial charge in [-0.05, 0) is 64.2 Å². The molecule has 0 saturated heterocycles. The summed E-state index contributed by atoms with van der Waals surface area (Å²) in [6.07, 6.45) is 49.6. The predicted molar refractivity (Wildman–Crippen MR) is 235 cm³/mol. The van der Waals surface area contributed by atoms with Crippen LogP contribution in [0.5, 0.6) is 0 Å². The van der Waals surface area contributed by atoms with Crippen LogP contribution in [0.15, 0.2) is 72.9 Å². The van der Waals surface area contributed by atoms with Crippen molar-refractivity contribution in [3.63, 3.8) is 0 Å². The third kappa shape index (κ3) is 40.0. The second-order valence-electron chi connectivity index (χ2n) is 15.7. The van der Waals surface area contributed by atoms with Gasteiger partial charge in [-0.3, -0.25) is 13.8 Å². The molecule has 318 valence electrons. The fourth-order valence-corrected chi connectivity index (χ4v) is 6.49. The summed E-state index contributed by atoms with van der Waals surface area (Å²) in [4.78, 5) is 23.0. The quantitative estimate of drug-likeness (QED) is 0.0249. The van der Waals surface area contributed by atoms with Gasteiger partial charge in [0, 0.05) is 6.42 Å². The van der Waals surface area contributed by atoms with E-state index in [1.54, 1.807) is 0 Å². The monoisotopic (exact) mass is 792 g/mol. The number of amides is 1. The first-order chi connectivity index (χ1) is 26.5. The van der Waals surface area contributed by atoms with Crippen LogP contribution in [0.1, 0.15) is 162 Å². The molecular weight excluding hydrogens is 707 g/mol. The number of quaternary nitrogens is 1. The van der Waals surface area contributed by atoms with Gasteiger partial charge in [-0.25, -0.2) is 4.57 Å². The number of hydrogen-bond donors (Lipinski definition) is 3. The maximum atomic E-state index is 12.8. The lowest BCUT2D eigenvalue weighted by Gasteiger charge is -2.26. The molecule has 0 spiro atoms. The van der Waals surface area contributed by atoms with E-state index < -0.39 is 20.0 Å². The number of aliphatic hydroxyl groups excluding tert-OH is 1. The number of carbonyl (C=O) groups excluding carboxylic acids is 1. The van der Waals surface area contributed by atoms with Crippen molar-refractivity contribution in [3.8, 4) is 0 Å². The van der Waals surface area contributed by atoms with Crippen molar-refractivity contribution >= 4 is 13.7 Å². The van der Waals surface area contributed by atoms with E-state index in [1.807, 2.05) is 21.1 Å². The summed E-state index contributed by atoms with van der Waals surface area (Å²) < 4.78 is 23.4. The third-order valence-corrected chi connectivity index (χ3v) is 10.2. The Morgan fingerprint density at radius 1 is 0.636 bits per heavy atom. The summed E-state index contributed by atoms with van der Waals surface area (Å²) in [5.74, 6) is -0.163. The van der Waals surface area contributed by atoms with Crippen LogP contribution >= 0.6 is 7.82 Å². The molecular formula is C46H84N2O6P+. The number of likely N-dealkylation sites (N-methyl/N-ethyl adjacent to an activating group) is 1. The highest BCUT2D eigenvalue weighted by molar-refractivity contribution is 7.47. The van der Waals surface area contributed by atoms with Gasteiger partial charge in [-0.1, -0.05) is 164 Å². The summed E-state index contributed by atoms with van der Waals surface area (Å²) >= 11 is 0. The van der Waals surface area contributed by atoms with E-state index in [0.717, 1.165) is 83.5 Å². The molecule has 0 radical (unpaired) electrons. The maximum Gasteiger partial charge on any atom is 0.472 e. The van der Waals surface area contributed by atoms with E-state index >= 15 is 0 Å². The van der Waals surface area contributed by atoms with Gasteiger partial charge in [0.25, 0.3) is 0 Å². The molecule has 0 aliphatic carbocycles. The molecule has 55 heavy (non-hydrogen) atoms. The van der Waals surface area contributed by atoms with Crippen molar-refractivity contribution in [2.75, 3.05) is 40.9 Å². The highest BCUT2D eigenvalue weighted by atomic mass is 31.2. The van der Waals surface area contributed by atoms with Crippen LogP contribution in [0.4, 0.5) is 0 Å². The van der Waals surface area contributed by atoms with Gasteiger partial charge in [-0.2, -0.15) is 0 Å². The molecule has 0 fully saturated rings. The summed E-state index contributed by atoms with van der Waals surface area (Å²) in [5, 5.41) is 13.8. The number of nitrogens with one attached hydrogen (secondary N) is 1. The Kier molecular flexibility index (Phi) is 36.1. The number of nitrogens with zero attached hydrogens (tertiary/aromatic N) is 1. The first-order valence-electron chi connectivity index (χ1n) is 21.8. The van der Waals surface area contributed by atoms with Gasteiger partial charge in [-0.15, -0.1) is 0 Å². The molecule has 0 aromatic rings. The van der Waals surface area contributed by atoms with Crippen molar-refractivity contribution in [2.45, 2.75) is 174 Å². The fourth-order valence-electron chi connectivity index (χ4n) is 5.75. The molecule has 3 unspecified atom stereocenters. The number of hydrogen-bond acceptors (Lipinski definition) is 5. The minimum absolute atomic E-state index is 0.0684. The molecule has 9 heteroatoms. The Bertz CT molecular complexity index is 1120. The number of unbranched alkanes of at least 4 members (excludes halogenated alkanes) is 13. The Morgan fingerprint density at radius 3 is 1.60 bits per heavy atom. The highest BCUT2D eigenvalue weighted by Crippen LogP contribution is 2.43. The first-order valence-corrected chi connectivity index (χ1v) is 23.3. The van der Waals surface area contributed by atoms with Crippen LogP contribution in [0.25, 0.3) is 0 Å².